The molecular formula is C24H24N4O5S. The number of rotatable bonds is 8. The summed E-state index contributed by atoms with van der Waals surface area (Å²) < 4.78 is 23.0. The van der Waals surface area contributed by atoms with Crippen LogP contribution in [0.4, 0.5) is 5.82 Å². The van der Waals surface area contributed by atoms with Gasteiger partial charge in [0.1, 0.15) is 5.82 Å². The molecule has 0 saturated heterocycles. The molecule has 4 rings (SSSR count). The summed E-state index contributed by atoms with van der Waals surface area (Å²) in [6.45, 7) is 1.85. The Morgan fingerprint density at radius 1 is 0.941 bits per heavy atom. The van der Waals surface area contributed by atoms with Crippen LogP contribution in [0.3, 0.4) is 0 Å². The van der Waals surface area contributed by atoms with E-state index in [2.05, 4.69) is 10.4 Å². The van der Waals surface area contributed by atoms with Gasteiger partial charge in [-0.2, -0.15) is 9.78 Å². The number of aromatic nitrogens is 3. The van der Waals surface area contributed by atoms with Crippen molar-refractivity contribution >= 4 is 23.1 Å². The third-order valence-corrected chi connectivity index (χ3v) is 5.89. The van der Waals surface area contributed by atoms with Crippen molar-refractivity contribution in [3.05, 3.63) is 59.1 Å². The molecule has 0 atom stereocenters. The molecule has 10 heteroatoms. The second-order valence-corrected chi connectivity index (χ2v) is 8.00. The van der Waals surface area contributed by atoms with Crippen LogP contribution in [0.25, 0.3) is 16.4 Å². The molecule has 0 unspecified atom stereocenters. The molecule has 0 bridgehead atoms. The highest BCUT2D eigenvalue weighted by atomic mass is 32.1. The van der Waals surface area contributed by atoms with E-state index in [1.807, 2.05) is 30.5 Å². The van der Waals surface area contributed by atoms with Gasteiger partial charge in [-0.15, -0.1) is 11.3 Å². The van der Waals surface area contributed by atoms with Gasteiger partial charge >= 0.3 is 0 Å². The molecule has 0 spiro atoms. The van der Waals surface area contributed by atoms with E-state index in [0.717, 1.165) is 17.0 Å². The Morgan fingerprint density at radius 3 is 2.41 bits per heavy atom. The zero-order valence-electron chi connectivity index (χ0n) is 19.4. The van der Waals surface area contributed by atoms with Gasteiger partial charge in [0.15, 0.2) is 23.0 Å². The molecule has 1 N–H and O–H groups in total. The summed E-state index contributed by atoms with van der Waals surface area (Å²) in [6.07, 6.45) is 0. The van der Waals surface area contributed by atoms with Gasteiger partial charge < -0.3 is 24.3 Å². The molecule has 0 fully saturated rings. The quantitative estimate of drug-likeness (QED) is 0.394. The molecule has 4 aromatic rings. The summed E-state index contributed by atoms with van der Waals surface area (Å²) in [5.74, 6) is 2.22. The predicted molar refractivity (Wildman–Crippen MR) is 130 cm³/mol. The number of nitrogens with zero attached hydrogens (tertiary/aromatic N) is 3. The van der Waals surface area contributed by atoms with Gasteiger partial charge in [-0.25, -0.2) is 4.98 Å². The summed E-state index contributed by atoms with van der Waals surface area (Å²) in [5, 5.41) is 9.96. The summed E-state index contributed by atoms with van der Waals surface area (Å²) >= 11 is 1.41. The number of hydrogen-bond acceptors (Lipinski definition) is 8. The number of methoxy groups -OCH3 is 4. The van der Waals surface area contributed by atoms with E-state index in [1.165, 1.54) is 25.6 Å². The average molecular weight is 481 g/mol. The third-order valence-electron chi connectivity index (χ3n) is 5.07. The number of hydrogen-bond donors (Lipinski definition) is 1. The number of carbonyl (C=O) groups is 1. The molecular weight excluding hydrogens is 456 g/mol. The van der Waals surface area contributed by atoms with E-state index in [0.29, 0.717) is 39.5 Å². The molecule has 0 radical (unpaired) electrons. The molecule has 0 saturated carbocycles. The summed E-state index contributed by atoms with van der Waals surface area (Å²) in [5.41, 5.74) is 2.70. The number of para-hydroxylation sites is 1. The van der Waals surface area contributed by atoms with Crippen LogP contribution in [-0.2, 0) is 0 Å². The fourth-order valence-electron chi connectivity index (χ4n) is 3.47. The highest BCUT2D eigenvalue weighted by Gasteiger charge is 2.20. The van der Waals surface area contributed by atoms with Crippen LogP contribution in [0.5, 0.6) is 23.0 Å². The van der Waals surface area contributed by atoms with Crippen LogP contribution >= 0.6 is 11.3 Å². The highest BCUT2D eigenvalue weighted by Crippen LogP contribution is 2.34. The predicted octanol–water partition coefficient (Wildman–Crippen LogP) is 4.59. The Morgan fingerprint density at radius 2 is 1.71 bits per heavy atom. The number of aryl methyl sites for hydroxylation is 1. The highest BCUT2D eigenvalue weighted by molar-refractivity contribution is 7.12. The zero-order valence-corrected chi connectivity index (χ0v) is 20.2. The van der Waals surface area contributed by atoms with Crippen molar-refractivity contribution in [2.75, 3.05) is 33.8 Å². The first kappa shape index (κ1) is 23.1. The Labute approximate surface area is 200 Å². The second-order valence-electron chi connectivity index (χ2n) is 7.16. The van der Waals surface area contributed by atoms with E-state index >= 15 is 0 Å². The van der Waals surface area contributed by atoms with Crippen LogP contribution in [-0.4, -0.2) is 49.1 Å². The molecule has 176 valence electrons. The van der Waals surface area contributed by atoms with Crippen molar-refractivity contribution in [2.45, 2.75) is 6.92 Å². The molecule has 0 aliphatic heterocycles. The van der Waals surface area contributed by atoms with E-state index < -0.39 is 0 Å². The lowest BCUT2D eigenvalue weighted by atomic mass is 10.1. The number of carbonyl (C=O) groups excluding carboxylic acids is 1. The van der Waals surface area contributed by atoms with Crippen LogP contribution in [0.15, 0.2) is 47.8 Å². The van der Waals surface area contributed by atoms with Crippen LogP contribution in [0.1, 0.15) is 16.1 Å². The molecule has 0 aliphatic carbocycles. The van der Waals surface area contributed by atoms with Gasteiger partial charge in [-0.3, -0.25) is 4.79 Å². The van der Waals surface area contributed by atoms with Crippen molar-refractivity contribution in [3.63, 3.8) is 0 Å². The first-order chi connectivity index (χ1) is 16.5. The van der Waals surface area contributed by atoms with E-state index in [-0.39, 0.29) is 5.91 Å². The molecule has 2 heterocycles. The zero-order chi connectivity index (χ0) is 24.2. The van der Waals surface area contributed by atoms with Crippen molar-refractivity contribution in [2.24, 2.45) is 0 Å². The maximum absolute atomic E-state index is 13.1. The summed E-state index contributed by atoms with van der Waals surface area (Å²) in [4.78, 5) is 17.8. The Bertz CT molecular complexity index is 1330. The molecule has 2 aromatic carbocycles. The Balaban J connectivity index is 1.65. The van der Waals surface area contributed by atoms with E-state index in [9.17, 15) is 4.79 Å². The monoisotopic (exact) mass is 480 g/mol. The van der Waals surface area contributed by atoms with Gasteiger partial charge in [0.25, 0.3) is 5.91 Å². The summed E-state index contributed by atoms with van der Waals surface area (Å²) in [6, 6.07) is 12.5. The van der Waals surface area contributed by atoms with Crippen molar-refractivity contribution in [1.29, 1.82) is 0 Å². The molecule has 9 nitrogen and oxygen atoms in total. The van der Waals surface area contributed by atoms with Gasteiger partial charge in [-0.05, 0) is 37.3 Å². The van der Waals surface area contributed by atoms with Gasteiger partial charge in [-0.1, -0.05) is 6.07 Å². The third kappa shape index (κ3) is 4.40. The fourth-order valence-corrected chi connectivity index (χ4v) is 4.27. The van der Waals surface area contributed by atoms with Gasteiger partial charge in [0.05, 0.1) is 45.4 Å². The standard InChI is InChI=1S/C24H24N4O5S/c1-14-11-21(26-23(29)16-7-6-8-19(31-3)22(16)33-5)28(27-14)24-25-17(13-34-24)15-9-10-18(30-2)20(12-15)32-4/h6-13H,1-5H3,(H,26,29). The summed E-state index contributed by atoms with van der Waals surface area (Å²) in [7, 11) is 6.20. The molecule has 2 aromatic heterocycles. The van der Waals surface area contributed by atoms with Crippen LogP contribution in [0.2, 0.25) is 0 Å². The molecule has 34 heavy (non-hydrogen) atoms. The minimum absolute atomic E-state index is 0.345. The van der Waals surface area contributed by atoms with Crippen molar-refractivity contribution in [1.82, 2.24) is 14.8 Å². The number of anilines is 1. The van der Waals surface area contributed by atoms with Crippen molar-refractivity contribution in [3.8, 4) is 39.4 Å². The minimum atomic E-state index is -0.353. The van der Waals surface area contributed by atoms with E-state index in [1.54, 1.807) is 43.2 Å². The lowest BCUT2D eigenvalue weighted by Gasteiger charge is -2.12. The van der Waals surface area contributed by atoms with Crippen molar-refractivity contribution < 1.29 is 23.7 Å². The topological polar surface area (TPSA) is 96.7 Å². The lowest BCUT2D eigenvalue weighted by molar-refractivity contribution is 0.102. The molecule has 0 aliphatic rings. The number of thiazole rings is 1. The normalized spacial score (nSPS) is 10.6. The average Bonchev–Trinajstić information content (AvgIpc) is 3.49. The maximum atomic E-state index is 13.1. The SMILES string of the molecule is COc1ccc(-c2csc(-n3nc(C)cc3NC(=O)c3cccc(OC)c3OC)n2)cc1OC. The first-order valence-corrected chi connectivity index (χ1v) is 11.1. The largest absolute Gasteiger partial charge is 0.493 e. The number of amides is 1. The Kier molecular flexibility index (Phi) is 6.69. The first-order valence-electron chi connectivity index (χ1n) is 10.3. The van der Waals surface area contributed by atoms with E-state index in [4.69, 9.17) is 23.9 Å². The van der Waals surface area contributed by atoms with Gasteiger partial charge in [0, 0.05) is 17.0 Å². The van der Waals surface area contributed by atoms with Gasteiger partial charge in [0.2, 0.25) is 5.13 Å². The minimum Gasteiger partial charge on any atom is -0.493 e. The lowest BCUT2D eigenvalue weighted by Crippen LogP contribution is -2.16. The maximum Gasteiger partial charge on any atom is 0.260 e. The fraction of sp³-hybridized carbons (Fsp3) is 0.208. The number of nitrogens with one attached hydrogen (secondary N) is 1. The number of benzene rings is 2. The number of ether oxygens (including phenoxy) is 4. The molecule has 1 amide bonds. The second kappa shape index (κ2) is 9.84. The van der Waals surface area contributed by atoms with Crippen LogP contribution < -0.4 is 24.3 Å². The Hall–Kier alpha value is -4.05. The van der Waals surface area contributed by atoms with Crippen LogP contribution in [0, 0.1) is 6.92 Å². The smallest absolute Gasteiger partial charge is 0.260 e.